The summed E-state index contributed by atoms with van der Waals surface area (Å²) in [4.78, 5) is 10.3. The summed E-state index contributed by atoms with van der Waals surface area (Å²) in [6.07, 6.45) is 2.21. The first-order chi connectivity index (χ1) is 5.57. The first-order valence-electron chi connectivity index (χ1n) is 3.85. The predicted molar refractivity (Wildman–Crippen MR) is 44.3 cm³/mol. The van der Waals surface area contributed by atoms with Gasteiger partial charge in [0, 0.05) is 6.54 Å². The standard InChI is InChI=1S/C8H14FNO2/c1-6(8(11)12)3-2-4-7(9)5-10/h4,6H,2-3,5,10H2,1H3,(H,11,12)/b7-4-/t6-/m0/s1. The third-order valence-electron chi connectivity index (χ3n) is 1.58. The van der Waals surface area contributed by atoms with Crippen LogP contribution in [0.5, 0.6) is 0 Å². The second-order valence-electron chi connectivity index (χ2n) is 2.67. The Kier molecular flexibility index (Phi) is 5.28. The molecule has 0 bridgehead atoms. The van der Waals surface area contributed by atoms with Crippen LogP contribution in [0.4, 0.5) is 4.39 Å². The molecule has 0 aromatic heterocycles. The first-order valence-corrected chi connectivity index (χ1v) is 3.85. The number of rotatable bonds is 5. The molecule has 0 aliphatic heterocycles. The number of aliphatic carboxylic acids is 1. The van der Waals surface area contributed by atoms with Crippen molar-refractivity contribution in [2.45, 2.75) is 19.8 Å². The van der Waals surface area contributed by atoms with Gasteiger partial charge in [-0.3, -0.25) is 4.79 Å². The topological polar surface area (TPSA) is 63.3 Å². The van der Waals surface area contributed by atoms with Gasteiger partial charge in [0.1, 0.15) is 5.83 Å². The molecule has 70 valence electrons. The maximum atomic E-state index is 12.4. The quantitative estimate of drug-likeness (QED) is 0.662. The van der Waals surface area contributed by atoms with E-state index >= 15 is 0 Å². The molecule has 0 aliphatic rings. The summed E-state index contributed by atoms with van der Waals surface area (Å²) in [5.74, 6) is -1.66. The fourth-order valence-electron chi connectivity index (χ4n) is 0.697. The summed E-state index contributed by atoms with van der Waals surface area (Å²) in [7, 11) is 0. The SMILES string of the molecule is C[C@@H](CC/C=C(\F)CN)C(=O)O. The van der Waals surface area contributed by atoms with E-state index in [0.717, 1.165) is 0 Å². The molecule has 3 N–H and O–H groups in total. The minimum Gasteiger partial charge on any atom is -0.481 e. The molecule has 1 atom stereocenters. The third-order valence-corrected chi connectivity index (χ3v) is 1.58. The fraction of sp³-hybridized carbons (Fsp3) is 0.625. The summed E-state index contributed by atoms with van der Waals surface area (Å²) in [5, 5.41) is 8.47. The largest absolute Gasteiger partial charge is 0.481 e. The Labute approximate surface area is 71.1 Å². The number of carboxylic acid groups (broad SMARTS) is 1. The first kappa shape index (κ1) is 11.1. The van der Waals surface area contributed by atoms with Gasteiger partial charge < -0.3 is 10.8 Å². The smallest absolute Gasteiger partial charge is 0.306 e. The van der Waals surface area contributed by atoms with E-state index in [1.54, 1.807) is 6.92 Å². The predicted octanol–water partition coefficient (Wildman–Crippen LogP) is 1.30. The van der Waals surface area contributed by atoms with Gasteiger partial charge in [-0.15, -0.1) is 0 Å². The molecule has 0 spiro atoms. The number of allylic oxidation sites excluding steroid dienone is 1. The van der Waals surface area contributed by atoms with Crippen LogP contribution in [-0.4, -0.2) is 17.6 Å². The lowest BCUT2D eigenvalue weighted by Crippen LogP contribution is -2.08. The van der Waals surface area contributed by atoms with E-state index in [9.17, 15) is 9.18 Å². The lowest BCUT2D eigenvalue weighted by Gasteiger charge is -2.01. The van der Waals surface area contributed by atoms with E-state index in [1.165, 1.54) is 6.08 Å². The highest BCUT2D eigenvalue weighted by atomic mass is 19.1. The van der Waals surface area contributed by atoms with E-state index in [-0.39, 0.29) is 12.4 Å². The van der Waals surface area contributed by atoms with Crippen molar-refractivity contribution in [2.24, 2.45) is 11.7 Å². The molecular formula is C8H14FNO2. The Balaban J connectivity index is 3.62. The van der Waals surface area contributed by atoms with Crippen molar-refractivity contribution >= 4 is 5.97 Å². The molecule has 12 heavy (non-hydrogen) atoms. The van der Waals surface area contributed by atoms with Crippen molar-refractivity contribution in [3.8, 4) is 0 Å². The van der Waals surface area contributed by atoms with E-state index in [0.29, 0.717) is 12.8 Å². The Bertz CT molecular complexity index is 180. The van der Waals surface area contributed by atoms with Crippen molar-refractivity contribution in [2.75, 3.05) is 6.54 Å². The monoisotopic (exact) mass is 175 g/mol. The Hall–Kier alpha value is -0.900. The van der Waals surface area contributed by atoms with E-state index in [1.807, 2.05) is 0 Å². The second-order valence-corrected chi connectivity index (χ2v) is 2.67. The summed E-state index contributed by atoms with van der Waals surface area (Å²) in [6.45, 7) is 1.48. The highest BCUT2D eigenvalue weighted by Crippen LogP contribution is 2.07. The summed E-state index contributed by atoms with van der Waals surface area (Å²) >= 11 is 0. The summed E-state index contributed by atoms with van der Waals surface area (Å²) in [5.41, 5.74) is 4.99. The Morgan fingerprint density at radius 3 is 2.75 bits per heavy atom. The molecule has 0 saturated heterocycles. The fourth-order valence-corrected chi connectivity index (χ4v) is 0.697. The van der Waals surface area contributed by atoms with Crippen LogP contribution in [0.25, 0.3) is 0 Å². The van der Waals surface area contributed by atoms with Crippen LogP contribution in [0, 0.1) is 5.92 Å². The van der Waals surface area contributed by atoms with Gasteiger partial charge in [-0.05, 0) is 12.8 Å². The second kappa shape index (κ2) is 5.71. The number of carboxylic acids is 1. The molecule has 0 aliphatic carbocycles. The van der Waals surface area contributed by atoms with Gasteiger partial charge in [-0.1, -0.05) is 13.0 Å². The van der Waals surface area contributed by atoms with Crippen molar-refractivity contribution in [3.63, 3.8) is 0 Å². The lowest BCUT2D eigenvalue weighted by molar-refractivity contribution is -0.141. The molecule has 0 unspecified atom stereocenters. The maximum absolute atomic E-state index is 12.4. The van der Waals surface area contributed by atoms with Crippen molar-refractivity contribution in [1.29, 1.82) is 0 Å². The highest BCUT2D eigenvalue weighted by molar-refractivity contribution is 5.69. The average molecular weight is 175 g/mol. The van der Waals surface area contributed by atoms with E-state index < -0.39 is 11.9 Å². The van der Waals surface area contributed by atoms with Gasteiger partial charge in [-0.25, -0.2) is 4.39 Å². The lowest BCUT2D eigenvalue weighted by atomic mass is 10.1. The van der Waals surface area contributed by atoms with E-state index in [4.69, 9.17) is 10.8 Å². The molecule has 0 saturated carbocycles. The van der Waals surface area contributed by atoms with Crippen LogP contribution in [0.3, 0.4) is 0 Å². The average Bonchev–Trinajstić information content (AvgIpc) is 2.03. The molecule has 3 nitrogen and oxygen atoms in total. The van der Waals surface area contributed by atoms with Gasteiger partial charge >= 0.3 is 5.97 Å². The zero-order valence-corrected chi connectivity index (χ0v) is 7.09. The zero-order chi connectivity index (χ0) is 9.56. The van der Waals surface area contributed by atoms with Crippen LogP contribution in [0.15, 0.2) is 11.9 Å². The third kappa shape index (κ3) is 4.85. The van der Waals surface area contributed by atoms with Crippen LogP contribution >= 0.6 is 0 Å². The molecule has 0 amide bonds. The number of nitrogens with two attached hydrogens (primary N) is 1. The van der Waals surface area contributed by atoms with Gasteiger partial charge in [0.2, 0.25) is 0 Å². The van der Waals surface area contributed by atoms with Crippen molar-refractivity contribution in [3.05, 3.63) is 11.9 Å². The van der Waals surface area contributed by atoms with Gasteiger partial charge in [0.25, 0.3) is 0 Å². The van der Waals surface area contributed by atoms with Gasteiger partial charge in [0.15, 0.2) is 0 Å². The van der Waals surface area contributed by atoms with Crippen LogP contribution in [-0.2, 0) is 4.79 Å². The summed E-state index contributed by atoms with van der Waals surface area (Å²) in [6, 6.07) is 0. The molecule has 0 aromatic rings. The molecule has 0 aromatic carbocycles. The zero-order valence-electron chi connectivity index (χ0n) is 7.09. The normalized spacial score (nSPS) is 14.4. The van der Waals surface area contributed by atoms with Crippen molar-refractivity contribution in [1.82, 2.24) is 0 Å². The number of halogens is 1. The molecule has 4 heteroatoms. The van der Waals surface area contributed by atoms with Gasteiger partial charge in [-0.2, -0.15) is 0 Å². The summed E-state index contributed by atoms with van der Waals surface area (Å²) < 4.78 is 12.4. The van der Waals surface area contributed by atoms with Gasteiger partial charge in [0.05, 0.1) is 5.92 Å². The minimum atomic E-state index is -0.850. The molecule has 0 heterocycles. The molecule has 0 radical (unpaired) electrons. The van der Waals surface area contributed by atoms with Crippen LogP contribution in [0.2, 0.25) is 0 Å². The Morgan fingerprint density at radius 1 is 1.75 bits per heavy atom. The Morgan fingerprint density at radius 2 is 2.33 bits per heavy atom. The molecule has 0 fully saturated rings. The van der Waals surface area contributed by atoms with Crippen LogP contribution < -0.4 is 5.73 Å². The van der Waals surface area contributed by atoms with E-state index in [2.05, 4.69) is 0 Å². The highest BCUT2D eigenvalue weighted by Gasteiger charge is 2.08. The minimum absolute atomic E-state index is 0.110. The van der Waals surface area contributed by atoms with Crippen molar-refractivity contribution < 1.29 is 14.3 Å². The molecule has 0 rings (SSSR count). The number of hydrogen-bond acceptors (Lipinski definition) is 2. The van der Waals surface area contributed by atoms with Crippen LogP contribution in [0.1, 0.15) is 19.8 Å². The maximum Gasteiger partial charge on any atom is 0.306 e. The molecular weight excluding hydrogens is 161 g/mol. The number of hydrogen-bond donors (Lipinski definition) is 2. The number of carbonyl (C=O) groups is 1.